The van der Waals surface area contributed by atoms with E-state index in [2.05, 4.69) is 10.4 Å². The molecule has 1 amide bonds. The minimum atomic E-state index is -0.157. The molecule has 0 aliphatic heterocycles. The van der Waals surface area contributed by atoms with Crippen molar-refractivity contribution in [3.63, 3.8) is 0 Å². The van der Waals surface area contributed by atoms with Crippen LogP contribution >= 0.6 is 11.6 Å². The number of halogens is 1. The zero-order valence-corrected chi connectivity index (χ0v) is 9.14. The number of alkyl halides is 1. The van der Waals surface area contributed by atoms with Crippen molar-refractivity contribution in [3.8, 4) is 0 Å². The van der Waals surface area contributed by atoms with E-state index in [4.69, 9.17) is 11.6 Å². The molecule has 0 unspecified atom stereocenters. The predicted octanol–water partition coefficient (Wildman–Crippen LogP) is 1.07. The van der Waals surface area contributed by atoms with Crippen molar-refractivity contribution in [1.82, 2.24) is 15.1 Å². The van der Waals surface area contributed by atoms with Crippen LogP contribution in [-0.4, -0.2) is 21.6 Å². The number of aryl methyl sites for hydroxylation is 1. The van der Waals surface area contributed by atoms with E-state index in [-0.39, 0.29) is 11.8 Å². The molecule has 0 saturated carbocycles. The highest BCUT2D eigenvalue weighted by molar-refractivity contribution is 6.27. The summed E-state index contributed by atoms with van der Waals surface area (Å²) in [5, 5.41) is 6.87. The molecule has 0 atom stereocenters. The SMILES string of the molecule is CCn1ncc(CNC(=O)CCl)c1C. The molecule has 0 aliphatic rings. The summed E-state index contributed by atoms with van der Waals surface area (Å²) >= 11 is 5.36. The van der Waals surface area contributed by atoms with Gasteiger partial charge in [0.2, 0.25) is 5.91 Å². The van der Waals surface area contributed by atoms with Crippen LogP contribution in [0.4, 0.5) is 0 Å². The van der Waals surface area contributed by atoms with Gasteiger partial charge in [-0.2, -0.15) is 5.10 Å². The van der Waals surface area contributed by atoms with E-state index in [1.807, 2.05) is 18.5 Å². The molecule has 4 nitrogen and oxygen atoms in total. The standard InChI is InChI=1S/C9H14ClN3O/c1-3-13-7(2)8(6-12-13)5-11-9(14)4-10/h6H,3-5H2,1-2H3,(H,11,14). The number of aromatic nitrogens is 2. The van der Waals surface area contributed by atoms with Gasteiger partial charge in [-0.3, -0.25) is 9.48 Å². The van der Waals surface area contributed by atoms with Crippen molar-refractivity contribution in [1.29, 1.82) is 0 Å². The summed E-state index contributed by atoms with van der Waals surface area (Å²) < 4.78 is 1.89. The largest absolute Gasteiger partial charge is 0.351 e. The van der Waals surface area contributed by atoms with Crippen molar-refractivity contribution in [2.45, 2.75) is 26.9 Å². The Morgan fingerprint density at radius 3 is 2.93 bits per heavy atom. The number of nitrogens with one attached hydrogen (secondary N) is 1. The maximum atomic E-state index is 10.9. The normalized spacial score (nSPS) is 10.2. The fraction of sp³-hybridized carbons (Fsp3) is 0.556. The Morgan fingerprint density at radius 1 is 1.71 bits per heavy atom. The second-order valence-electron chi connectivity index (χ2n) is 2.98. The number of hydrogen-bond donors (Lipinski definition) is 1. The van der Waals surface area contributed by atoms with Gasteiger partial charge in [0, 0.05) is 24.3 Å². The molecule has 78 valence electrons. The molecule has 1 heterocycles. The van der Waals surface area contributed by atoms with E-state index in [0.717, 1.165) is 17.8 Å². The van der Waals surface area contributed by atoms with Gasteiger partial charge in [-0.1, -0.05) is 0 Å². The average Bonchev–Trinajstić information content (AvgIpc) is 2.56. The summed E-state index contributed by atoms with van der Waals surface area (Å²) in [5.74, 6) is -0.156. The first kappa shape index (κ1) is 11.0. The monoisotopic (exact) mass is 215 g/mol. The van der Waals surface area contributed by atoms with Gasteiger partial charge in [0.05, 0.1) is 6.20 Å². The van der Waals surface area contributed by atoms with E-state index in [9.17, 15) is 4.79 Å². The second-order valence-corrected chi connectivity index (χ2v) is 3.25. The third-order valence-electron chi connectivity index (χ3n) is 2.10. The number of hydrogen-bond acceptors (Lipinski definition) is 2. The molecule has 0 aromatic carbocycles. The molecule has 1 rings (SSSR count). The molecule has 1 N–H and O–H groups in total. The molecule has 5 heteroatoms. The van der Waals surface area contributed by atoms with Crippen LogP contribution in [0.5, 0.6) is 0 Å². The molecule has 0 bridgehead atoms. The molecule has 0 radical (unpaired) electrons. The lowest BCUT2D eigenvalue weighted by molar-refractivity contribution is -0.118. The summed E-state index contributed by atoms with van der Waals surface area (Å²) in [6, 6.07) is 0. The van der Waals surface area contributed by atoms with Crippen LogP contribution in [0.15, 0.2) is 6.20 Å². The summed E-state index contributed by atoms with van der Waals surface area (Å²) in [5.41, 5.74) is 2.12. The number of rotatable bonds is 4. The second kappa shape index (κ2) is 5.00. The van der Waals surface area contributed by atoms with Crippen LogP contribution < -0.4 is 5.32 Å². The predicted molar refractivity (Wildman–Crippen MR) is 55.2 cm³/mol. The van der Waals surface area contributed by atoms with Crippen LogP contribution in [-0.2, 0) is 17.9 Å². The molecule has 1 aromatic rings. The highest BCUT2D eigenvalue weighted by Crippen LogP contribution is 2.06. The topological polar surface area (TPSA) is 46.9 Å². The minimum absolute atomic E-state index is 0.000955. The van der Waals surface area contributed by atoms with Crippen LogP contribution in [0.2, 0.25) is 0 Å². The smallest absolute Gasteiger partial charge is 0.235 e. The van der Waals surface area contributed by atoms with Crippen molar-refractivity contribution in [2.24, 2.45) is 0 Å². The van der Waals surface area contributed by atoms with E-state index in [1.54, 1.807) is 6.20 Å². The van der Waals surface area contributed by atoms with Gasteiger partial charge < -0.3 is 5.32 Å². The molecule has 0 fully saturated rings. The van der Waals surface area contributed by atoms with Gasteiger partial charge >= 0.3 is 0 Å². The molecule has 14 heavy (non-hydrogen) atoms. The maximum absolute atomic E-state index is 10.9. The fourth-order valence-corrected chi connectivity index (χ4v) is 1.31. The summed E-state index contributed by atoms with van der Waals surface area (Å²) in [6.07, 6.45) is 1.77. The summed E-state index contributed by atoms with van der Waals surface area (Å²) in [4.78, 5) is 10.9. The average molecular weight is 216 g/mol. The first-order chi connectivity index (χ1) is 6.69. The van der Waals surface area contributed by atoms with E-state index in [0.29, 0.717) is 6.54 Å². The first-order valence-electron chi connectivity index (χ1n) is 4.53. The van der Waals surface area contributed by atoms with Gasteiger partial charge in [-0.05, 0) is 13.8 Å². The van der Waals surface area contributed by atoms with Crippen LogP contribution in [0, 0.1) is 6.92 Å². The Balaban J connectivity index is 2.59. The Hall–Kier alpha value is -1.03. The highest BCUT2D eigenvalue weighted by Gasteiger charge is 2.05. The summed E-state index contributed by atoms with van der Waals surface area (Å²) in [6.45, 7) is 5.35. The van der Waals surface area contributed by atoms with Crippen molar-refractivity contribution in [3.05, 3.63) is 17.5 Å². The lowest BCUT2D eigenvalue weighted by atomic mass is 10.2. The molecular weight excluding hydrogens is 202 g/mol. The van der Waals surface area contributed by atoms with Gasteiger partial charge in [-0.25, -0.2) is 0 Å². The lowest BCUT2D eigenvalue weighted by Crippen LogP contribution is -2.23. The van der Waals surface area contributed by atoms with E-state index in [1.165, 1.54) is 0 Å². The van der Waals surface area contributed by atoms with Gasteiger partial charge in [0.1, 0.15) is 5.88 Å². The van der Waals surface area contributed by atoms with E-state index < -0.39 is 0 Å². The Morgan fingerprint density at radius 2 is 2.43 bits per heavy atom. The zero-order valence-electron chi connectivity index (χ0n) is 8.38. The van der Waals surface area contributed by atoms with E-state index >= 15 is 0 Å². The van der Waals surface area contributed by atoms with Gasteiger partial charge in [0.25, 0.3) is 0 Å². The number of amides is 1. The minimum Gasteiger partial charge on any atom is -0.351 e. The quantitative estimate of drug-likeness (QED) is 0.764. The van der Waals surface area contributed by atoms with Crippen LogP contribution in [0.3, 0.4) is 0 Å². The molecule has 0 saturated heterocycles. The molecule has 1 aromatic heterocycles. The highest BCUT2D eigenvalue weighted by atomic mass is 35.5. The number of nitrogens with zero attached hydrogens (tertiary/aromatic N) is 2. The maximum Gasteiger partial charge on any atom is 0.235 e. The molecular formula is C9H14ClN3O. The van der Waals surface area contributed by atoms with Gasteiger partial charge in [-0.15, -0.1) is 11.6 Å². The Labute approximate surface area is 88.2 Å². The molecule has 0 aliphatic carbocycles. The lowest BCUT2D eigenvalue weighted by Gasteiger charge is -2.03. The van der Waals surface area contributed by atoms with Crippen molar-refractivity contribution >= 4 is 17.5 Å². The zero-order chi connectivity index (χ0) is 10.6. The number of carbonyl (C=O) groups excluding carboxylic acids is 1. The fourth-order valence-electron chi connectivity index (χ4n) is 1.22. The Kier molecular flexibility index (Phi) is 3.95. The van der Waals surface area contributed by atoms with Crippen LogP contribution in [0.1, 0.15) is 18.2 Å². The third kappa shape index (κ3) is 2.48. The van der Waals surface area contributed by atoms with Crippen molar-refractivity contribution in [2.75, 3.05) is 5.88 Å². The third-order valence-corrected chi connectivity index (χ3v) is 2.34. The first-order valence-corrected chi connectivity index (χ1v) is 5.06. The number of carbonyl (C=O) groups is 1. The molecule has 0 spiro atoms. The Bertz CT molecular complexity index is 322. The summed E-state index contributed by atoms with van der Waals surface area (Å²) in [7, 11) is 0. The van der Waals surface area contributed by atoms with Gasteiger partial charge in [0.15, 0.2) is 0 Å². The van der Waals surface area contributed by atoms with Crippen molar-refractivity contribution < 1.29 is 4.79 Å². The van der Waals surface area contributed by atoms with Crippen LogP contribution in [0.25, 0.3) is 0 Å².